The molecule has 0 saturated heterocycles. The van der Waals surface area contributed by atoms with Gasteiger partial charge in [-0.25, -0.2) is 0 Å². The zero-order valence-electron chi connectivity index (χ0n) is 18.7. The molecule has 0 aromatic heterocycles. The summed E-state index contributed by atoms with van der Waals surface area (Å²) in [6.07, 6.45) is 1.62. The van der Waals surface area contributed by atoms with Crippen molar-refractivity contribution in [2.24, 2.45) is 16.1 Å². The normalized spacial score (nSPS) is 13.8. The van der Waals surface area contributed by atoms with Crippen LogP contribution in [0.4, 0.5) is 5.69 Å². The van der Waals surface area contributed by atoms with E-state index in [9.17, 15) is 4.79 Å². The zero-order valence-corrected chi connectivity index (χ0v) is 18.7. The molecule has 2 aromatic rings. The Morgan fingerprint density at radius 3 is 2.62 bits per heavy atom. The summed E-state index contributed by atoms with van der Waals surface area (Å²) in [5.41, 5.74) is 5.55. The van der Waals surface area contributed by atoms with E-state index in [1.54, 1.807) is 13.8 Å². The average molecular weight is 441 g/mol. The summed E-state index contributed by atoms with van der Waals surface area (Å²) in [5, 5.41) is 6.57. The van der Waals surface area contributed by atoms with Crippen LogP contribution in [0, 0.1) is 5.41 Å². The number of carbonyl (C=O) groups excluding carboxylic acids is 1. The number of anilines is 1. The molecule has 4 N–H and O–H groups in total. The van der Waals surface area contributed by atoms with Crippen molar-refractivity contribution in [3.8, 4) is 17.2 Å². The summed E-state index contributed by atoms with van der Waals surface area (Å²) in [4.78, 5) is 16.3. The van der Waals surface area contributed by atoms with Gasteiger partial charge in [0, 0.05) is 24.7 Å². The molecule has 8 nitrogen and oxygen atoms in total. The van der Waals surface area contributed by atoms with Crippen LogP contribution in [0.3, 0.4) is 0 Å². The van der Waals surface area contributed by atoms with E-state index in [-0.39, 0.29) is 6.54 Å². The third-order valence-corrected chi connectivity index (χ3v) is 4.94. The number of para-hydroxylation sites is 1. The van der Waals surface area contributed by atoms with E-state index in [0.29, 0.717) is 38.1 Å². The van der Waals surface area contributed by atoms with E-state index in [4.69, 9.17) is 19.9 Å². The molecule has 1 amide bonds. The zero-order chi connectivity index (χ0) is 22.8. The summed E-state index contributed by atoms with van der Waals surface area (Å²) in [7, 11) is 0. The van der Waals surface area contributed by atoms with Gasteiger partial charge in [-0.15, -0.1) is 0 Å². The molecule has 0 atom stereocenters. The molecule has 1 heterocycles. The van der Waals surface area contributed by atoms with E-state index < -0.39 is 11.3 Å². The number of hydrogen-bond donors (Lipinski definition) is 3. The number of ether oxygens (including phenoxy) is 3. The van der Waals surface area contributed by atoms with Gasteiger partial charge in [0.25, 0.3) is 0 Å². The van der Waals surface area contributed by atoms with Crippen LogP contribution >= 0.6 is 0 Å². The van der Waals surface area contributed by atoms with Crippen LogP contribution in [-0.2, 0) is 4.79 Å². The number of nitrogens with zero attached hydrogens (tertiary/aromatic N) is 1. The first-order chi connectivity index (χ1) is 15.4. The van der Waals surface area contributed by atoms with E-state index in [1.807, 2.05) is 48.5 Å². The third kappa shape index (κ3) is 7.08. The average Bonchev–Trinajstić information content (AvgIpc) is 3.02. The summed E-state index contributed by atoms with van der Waals surface area (Å²) >= 11 is 0. The predicted molar refractivity (Wildman–Crippen MR) is 126 cm³/mol. The molecule has 32 heavy (non-hydrogen) atoms. The van der Waals surface area contributed by atoms with Crippen molar-refractivity contribution in [1.82, 2.24) is 5.32 Å². The highest BCUT2D eigenvalue weighted by Crippen LogP contribution is 2.32. The number of amides is 1. The van der Waals surface area contributed by atoms with Gasteiger partial charge in [-0.05, 0) is 44.5 Å². The molecule has 172 valence electrons. The summed E-state index contributed by atoms with van der Waals surface area (Å²) in [6.45, 7) is 6.27. The number of nitrogens with one attached hydrogen (secondary N) is 2. The maximum atomic E-state index is 11.7. The Morgan fingerprint density at radius 1 is 1.12 bits per heavy atom. The Labute approximate surface area is 189 Å². The van der Waals surface area contributed by atoms with Gasteiger partial charge >= 0.3 is 0 Å². The number of nitrogens with two attached hydrogens (primary N) is 1. The van der Waals surface area contributed by atoms with Gasteiger partial charge < -0.3 is 30.6 Å². The second-order valence-corrected chi connectivity index (χ2v) is 8.19. The van der Waals surface area contributed by atoms with E-state index in [2.05, 4.69) is 15.6 Å². The van der Waals surface area contributed by atoms with Gasteiger partial charge in [0.15, 0.2) is 17.5 Å². The number of primary amides is 1. The van der Waals surface area contributed by atoms with Crippen LogP contribution in [0.1, 0.15) is 26.7 Å². The van der Waals surface area contributed by atoms with E-state index >= 15 is 0 Å². The lowest BCUT2D eigenvalue weighted by Crippen LogP contribution is -2.37. The number of rotatable bonds is 9. The Kier molecular flexibility index (Phi) is 8.19. The standard InChI is InChI=1S/C24H32N4O4/c1-24(2,22(25)29)17-27-23(26-12-6-13-30-19-8-4-3-5-9-19)28-18-10-11-20-21(16-18)32-15-7-14-31-20/h3-5,8-11,16H,6-7,12-15,17H2,1-2H3,(H2,25,29)(H2,26,27,28). The number of aliphatic imine (C=N–C) groups is 1. The summed E-state index contributed by atoms with van der Waals surface area (Å²) in [5.74, 6) is 2.42. The maximum absolute atomic E-state index is 11.7. The minimum atomic E-state index is -0.754. The fourth-order valence-electron chi connectivity index (χ4n) is 2.86. The number of hydrogen-bond acceptors (Lipinski definition) is 5. The summed E-state index contributed by atoms with van der Waals surface area (Å²) < 4.78 is 17.2. The topological polar surface area (TPSA) is 107 Å². The lowest BCUT2D eigenvalue weighted by atomic mass is 9.93. The first-order valence-corrected chi connectivity index (χ1v) is 10.9. The molecular weight excluding hydrogens is 408 g/mol. The van der Waals surface area contributed by atoms with Crippen LogP contribution in [0.5, 0.6) is 17.2 Å². The van der Waals surface area contributed by atoms with Crippen molar-refractivity contribution in [1.29, 1.82) is 0 Å². The molecule has 0 radical (unpaired) electrons. The molecule has 0 bridgehead atoms. The van der Waals surface area contributed by atoms with Crippen molar-refractivity contribution < 1.29 is 19.0 Å². The minimum Gasteiger partial charge on any atom is -0.494 e. The lowest BCUT2D eigenvalue weighted by Gasteiger charge is -2.20. The van der Waals surface area contributed by atoms with Crippen molar-refractivity contribution >= 4 is 17.6 Å². The van der Waals surface area contributed by atoms with Gasteiger partial charge in [-0.3, -0.25) is 9.79 Å². The molecule has 0 fully saturated rings. The number of guanidine groups is 1. The van der Waals surface area contributed by atoms with Gasteiger partial charge in [0.1, 0.15) is 5.75 Å². The van der Waals surface area contributed by atoms with Gasteiger partial charge in [0.05, 0.1) is 31.8 Å². The Hall–Kier alpha value is -3.42. The second kappa shape index (κ2) is 11.3. The number of benzene rings is 2. The SMILES string of the molecule is CC(C)(CN=C(NCCCOc1ccccc1)Nc1ccc2c(c1)OCCCO2)C(N)=O. The highest BCUT2D eigenvalue weighted by Gasteiger charge is 2.24. The maximum Gasteiger partial charge on any atom is 0.224 e. The molecule has 2 aromatic carbocycles. The number of carbonyl (C=O) groups is 1. The molecule has 1 aliphatic heterocycles. The molecule has 8 heteroatoms. The molecule has 1 aliphatic rings. The quantitative estimate of drug-likeness (QED) is 0.314. The van der Waals surface area contributed by atoms with Crippen molar-refractivity contribution in [2.75, 3.05) is 38.2 Å². The van der Waals surface area contributed by atoms with E-state index in [1.165, 1.54) is 0 Å². The Bertz CT molecular complexity index is 915. The van der Waals surface area contributed by atoms with E-state index in [0.717, 1.165) is 30.0 Å². The largest absolute Gasteiger partial charge is 0.494 e. The molecule has 0 aliphatic carbocycles. The molecule has 0 unspecified atom stereocenters. The highest BCUT2D eigenvalue weighted by molar-refractivity contribution is 5.94. The predicted octanol–water partition coefficient (Wildman–Crippen LogP) is 3.19. The van der Waals surface area contributed by atoms with Gasteiger partial charge in [-0.1, -0.05) is 18.2 Å². The minimum absolute atomic E-state index is 0.253. The van der Waals surface area contributed by atoms with Crippen LogP contribution in [-0.4, -0.2) is 44.8 Å². The van der Waals surface area contributed by atoms with Crippen LogP contribution in [0.15, 0.2) is 53.5 Å². The van der Waals surface area contributed by atoms with Gasteiger partial charge in [0.2, 0.25) is 5.91 Å². The lowest BCUT2D eigenvalue weighted by molar-refractivity contribution is -0.125. The number of fused-ring (bicyclic) bond motifs is 1. The monoisotopic (exact) mass is 440 g/mol. The second-order valence-electron chi connectivity index (χ2n) is 8.19. The van der Waals surface area contributed by atoms with Gasteiger partial charge in [-0.2, -0.15) is 0 Å². The fourth-order valence-corrected chi connectivity index (χ4v) is 2.86. The molecule has 0 saturated carbocycles. The third-order valence-electron chi connectivity index (χ3n) is 4.94. The van der Waals surface area contributed by atoms with Crippen LogP contribution < -0.4 is 30.6 Å². The Morgan fingerprint density at radius 2 is 1.88 bits per heavy atom. The first-order valence-electron chi connectivity index (χ1n) is 10.9. The smallest absolute Gasteiger partial charge is 0.224 e. The van der Waals surface area contributed by atoms with Crippen LogP contribution in [0.2, 0.25) is 0 Å². The fraction of sp³-hybridized carbons (Fsp3) is 0.417. The molecule has 3 rings (SSSR count). The molecular formula is C24H32N4O4. The summed E-state index contributed by atoms with van der Waals surface area (Å²) in [6, 6.07) is 15.4. The van der Waals surface area contributed by atoms with Crippen molar-refractivity contribution in [3.63, 3.8) is 0 Å². The van der Waals surface area contributed by atoms with Crippen LogP contribution in [0.25, 0.3) is 0 Å². The first kappa shape index (κ1) is 23.2. The Balaban J connectivity index is 1.61. The molecule has 0 spiro atoms. The highest BCUT2D eigenvalue weighted by atomic mass is 16.5. The van der Waals surface area contributed by atoms with Crippen molar-refractivity contribution in [3.05, 3.63) is 48.5 Å². The van der Waals surface area contributed by atoms with Crippen molar-refractivity contribution in [2.45, 2.75) is 26.7 Å².